The summed E-state index contributed by atoms with van der Waals surface area (Å²) in [6.07, 6.45) is 4.92. The molecule has 158 valence electrons. The number of rotatable bonds is 6. The number of carboxylic acid groups (broad SMARTS) is 1. The topological polar surface area (TPSA) is 83.7 Å². The first-order chi connectivity index (χ1) is 13.7. The fraction of sp³-hybridized carbons (Fsp3) is 0.632. The standard InChI is InChI=1S/C19H28BrN5O3Si/c1-29(2,3)7-6-28-12-24-11-15(20)17-18(24)22-16(8-21-17)25-13-4-5-14(25)10-23(9-13)19(26)27/h8,11,13-14H,4-7,9-10,12H2,1-3H3,(H,26,27). The van der Waals surface area contributed by atoms with Crippen LogP contribution in [-0.2, 0) is 11.5 Å². The van der Waals surface area contributed by atoms with Gasteiger partial charge in [-0.25, -0.2) is 14.8 Å². The third kappa shape index (κ3) is 4.29. The molecule has 1 amide bonds. The van der Waals surface area contributed by atoms with Gasteiger partial charge in [-0.2, -0.15) is 0 Å². The first kappa shape index (κ1) is 20.6. The van der Waals surface area contributed by atoms with Crippen LogP contribution in [0.15, 0.2) is 16.9 Å². The maximum Gasteiger partial charge on any atom is 0.407 e. The van der Waals surface area contributed by atoms with Crippen LogP contribution in [0.1, 0.15) is 12.8 Å². The van der Waals surface area contributed by atoms with Gasteiger partial charge in [-0.15, -0.1) is 0 Å². The monoisotopic (exact) mass is 481 g/mol. The highest BCUT2D eigenvalue weighted by molar-refractivity contribution is 9.10. The normalized spacial score (nSPS) is 21.9. The maximum atomic E-state index is 11.4. The summed E-state index contributed by atoms with van der Waals surface area (Å²) < 4.78 is 8.82. The lowest BCUT2D eigenvalue weighted by Crippen LogP contribution is -2.55. The van der Waals surface area contributed by atoms with E-state index in [9.17, 15) is 9.90 Å². The van der Waals surface area contributed by atoms with E-state index in [-0.39, 0.29) is 12.1 Å². The SMILES string of the molecule is C[Si](C)(C)CCOCn1cc(Br)c2ncc(N3C4CCC3CN(C(=O)O)C4)nc21. The zero-order valence-corrected chi connectivity index (χ0v) is 19.7. The fourth-order valence-corrected chi connectivity index (χ4v) is 5.48. The number of aromatic nitrogens is 3. The molecule has 0 saturated carbocycles. The van der Waals surface area contributed by atoms with E-state index in [0.29, 0.717) is 19.8 Å². The van der Waals surface area contributed by atoms with Crippen LogP contribution in [0.25, 0.3) is 11.2 Å². The average molecular weight is 482 g/mol. The van der Waals surface area contributed by atoms with Gasteiger partial charge in [-0.3, -0.25) is 0 Å². The van der Waals surface area contributed by atoms with Gasteiger partial charge in [0.25, 0.3) is 0 Å². The van der Waals surface area contributed by atoms with Crippen LogP contribution in [0.5, 0.6) is 0 Å². The molecule has 10 heteroatoms. The summed E-state index contributed by atoms with van der Waals surface area (Å²) in [4.78, 5) is 24.7. The lowest BCUT2D eigenvalue weighted by molar-refractivity contribution is 0.0898. The molecule has 0 aromatic carbocycles. The van der Waals surface area contributed by atoms with Crippen molar-refractivity contribution in [3.05, 3.63) is 16.9 Å². The first-order valence-electron chi connectivity index (χ1n) is 10.1. The van der Waals surface area contributed by atoms with Gasteiger partial charge in [0.05, 0.1) is 10.7 Å². The Labute approximate surface area is 180 Å². The highest BCUT2D eigenvalue weighted by Gasteiger charge is 2.42. The summed E-state index contributed by atoms with van der Waals surface area (Å²) in [7, 11) is -1.12. The van der Waals surface area contributed by atoms with E-state index in [1.165, 1.54) is 4.90 Å². The molecule has 8 nitrogen and oxygen atoms in total. The van der Waals surface area contributed by atoms with Gasteiger partial charge >= 0.3 is 6.09 Å². The van der Waals surface area contributed by atoms with Crippen LogP contribution in [0.3, 0.4) is 0 Å². The van der Waals surface area contributed by atoms with Crippen molar-refractivity contribution in [1.29, 1.82) is 0 Å². The second kappa shape index (κ2) is 7.88. The second-order valence-electron chi connectivity index (χ2n) is 9.18. The summed E-state index contributed by atoms with van der Waals surface area (Å²) >= 11 is 3.58. The van der Waals surface area contributed by atoms with E-state index in [4.69, 9.17) is 9.72 Å². The Morgan fingerprint density at radius 3 is 2.62 bits per heavy atom. The molecule has 2 bridgehead atoms. The van der Waals surface area contributed by atoms with E-state index in [1.807, 2.05) is 17.0 Å². The number of ether oxygens (including phenoxy) is 1. The molecule has 2 unspecified atom stereocenters. The van der Waals surface area contributed by atoms with Crippen molar-refractivity contribution in [3.63, 3.8) is 0 Å². The Kier molecular flexibility index (Phi) is 5.60. The van der Waals surface area contributed by atoms with Gasteiger partial charge in [0.1, 0.15) is 18.1 Å². The lowest BCUT2D eigenvalue weighted by Gasteiger charge is -2.40. The molecule has 4 heterocycles. The van der Waals surface area contributed by atoms with Crippen molar-refractivity contribution in [2.75, 3.05) is 24.6 Å². The molecule has 4 rings (SSSR count). The van der Waals surface area contributed by atoms with E-state index >= 15 is 0 Å². The van der Waals surface area contributed by atoms with Crippen LogP contribution in [0, 0.1) is 0 Å². The minimum absolute atomic E-state index is 0.163. The van der Waals surface area contributed by atoms with Crippen LogP contribution in [0.2, 0.25) is 25.7 Å². The number of carbonyl (C=O) groups is 1. The zero-order valence-electron chi connectivity index (χ0n) is 17.1. The van der Waals surface area contributed by atoms with Crippen LogP contribution in [0.4, 0.5) is 10.6 Å². The molecule has 1 N–H and O–H groups in total. The van der Waals surface area contributed by atoms with Gasteiger partial charge in [-0.05, 0) is 34.8 Å². The third-order valence-corrected chi connectivity index (χ3v) is 8.04. The Balaban J connectivity index is 1.54. The summed E-state index contributed by atoms with van der Waals surface area (Å²) in [5.74, 6) is 0.823. The van der Waals surface area contributed by atoms with Gasteiger partial charge < -0.3 is 24.2 Å². The highest BCUT2D eigenvalue weighted by atomic mass is 79.9. The number of anilines is 1. The number of fused-ring (bicyclic) bond motifs is 3. The summed E-state index contributed by atoms with van der Waals surface area (Å²) in [5.41, 5.74) is 1.61. The van der Waals surface area contributed by atoms with Gasteiger partial charge in [-0.1, -0.05) is 19.6 Å². The molecule has 2 atom stereocenters. The quantitative estimate of drug-likeness (QED) is 0.498. The van der Waals surface area contributed by atoms with E-state index in [1.54, 1.807) is 0 Å². The molecule has 2 fully saturated rings. The molecule has 2 aromatic rings. The molecular weight excluding hydrogens is 454 g/mol. The van der Waals surface area contributed by atoms with Crippen molar-refractivity contribution in [2.45, 2.75) is 57.3 Å². The number of amides is 1. The molecule has 2 aromatic heterocycles. The van der Waals surface area contributed by atoms with Crippen molar-refractivity contribution in [1.82, 2.24) is 19.4 Å². The van der Waals surface area contributed by atoms with Crippen LogP contribution >= 0.6 is 15.9 Å². The van der Waals surface area contributed by atoms with Crippen LogP contribution in [-0.4, -0.2) is 70.5 Å². The van der Waals surface area contributed by atoms with Crippen molar-refractivity contribution >= 4 is 47.1 Å². The van der Waals surface area contributed by atoms with Crippen molar-refractivity contribution in [3.8, 4) is 0 Å². The second-order valence-corrected chi connectivity index (χ2v) is 15.7. The minimum Gasteiger partial charge on any atom is -0.465 e. The number of halogens is 1. The van der Waals surface area contributed by atoms with Gasteiger partial charge in [0, 0.05) is 46.1 Å². The number of nitrogens with zero attached hydrogens (tertiary/aromatic N) is 5. The van der Waals surface area contributed by atoms with Crippen molar-refractivity contribution < 1.29 is 14.6 Å². The average Bonchev–Trinajstić information content (AvgIpc) is 3.10. The third-order valence-electron chi connectivity index (χ3n) is 5.75. The molecule has 2 aliphatic heterocycles. The fourth-order valence-electron chi connectivity index (χ4n) is 4.20. The molecular formula is C19H28BrN5O3Si. The van der Waals surface area contributed by atoms with Crippen molar-refractivity contribution in [2.24, 2.45) is 0 Å². The molecule has 0 radical (unpaired) electrons. The van der Waals surface area contributed by atoms with E-state index < -0.39 is 14.2 Å². The predicted octanol–water partition coefficient (Wildman–Crippen LogP) is 3.84. The molecule has 2 aliphatic rings. The van der Waals surface area contributed by atoms with Gasteiger partial charge in [0.2, 0.25) is 0 Å². The Morgan fingerprint density at radius 1 is 1.31 bits per heavy atom. The number of hydrogen-bond donors (Lipinski definition) is 1. The number of hydrogen-bond acceptors (Lipinski definition) is 5. The smallest absolute Gasteiger partial charge is 0.407 e. The largest absolute Gasteiger partial charge is 0.465 e. The number of likely N-dealkylation sites (tertiary alicyclic amines) is 1. The summed E-state index contributed by atoms with van der Waals surface area (Å²) in [5, 5.41) is 9.35. The van der Waals surface area contributed by atoms with E-state index in [2.05, 4.69) is 45.5 Å². The zero-order chi connectivity index (χ0) is 20.8. The van der Waals surface area contributed by atoms with E-state index in [0.717, 1.165) is 46.9 Å². The first-order valence-corrected chi connectivity index (χ1v) is 14.6. The minimum atomic E-state index is -1.12. The Bertz CT molecular complexity index is 901. The molecule has 0 spiro atoms. The van der Waals surface area contributed by atoms with Gasteiger partial charge in [0.15, 0.2) is 5.65 Å². The Hall–Kier alpha value is -1.65. The molecule has 2 saturated heterocycles. The molecule has 0 aliphatic carbocycles. The summed E-state index contributed by atoms with van der Waals surface area (Å²) in [6.45, 7) is 9.27. The van der Waals surface area contributed by atoms with Crippen LogP contribution < -0.4 is 4.90 Å². The number of piperazine rings is 1. The highest BCUT2D eigenvalue weighted by Crippen LogP contribution is 2.35. The Morgan fingerprint density at radius 2 is 2.00 bits per heavy atom. The maximum absolute atomic E-state index is 11.4. The molecule has 29 heavy (non-hydrogen) atoms. The lowest BCUT2D eigenvalue weighted by atomic mass is 10.2. The predicted molar refractivity (Wildman–Crippen MR) is 118 cm³/mol. The summed E-state index contributed by atoms with van der Waals surface area (Å²) in [6, 6.07) is 1.45.